The summed E-state index contributed by atoms with van der Waals surface area (Å²) in [5.74, 6) is 0.381. The van der Waals surface area contributed by atoms with Crippen LogP contribution in [0.4, 0.5) is 0 Å². The SMILES string of the molecule is COc1nccnc1C(O)Cc1cccs1. The van der Waals surface area contributed by atoms with E-state index < -0.39 is 6.10 Å². The van der Waals surface area contributed by atoms with Crippen LogP contribution in [-0.2, 0) is 6.42 Å². The summed E-state index contributed by atoms with van der Waals surface area (Å²) in [6.45, 7) is 0. The summed E-state index contributed by atoms with van der Waals surface area (Å²) >= 11 is 1.61. The van der Waals surface area contributed by atoms with E-state index in [0.29, 0.717) is 18.0 Å². The zero-order chi connectivity index (χ0) is 11.4. The van der Waals surface area contributed by atoms with Crippen LogP contribution in [0.25, 0.3) is 0 Å². The van der Waals surface area contributed by atoms with Crippen LogP contribution in [0.15, 0.2) is 29.9 Å². The van der Waals surface area contributed by atoms with Crippen molar-refractivity contribution in [2.24, 2.45) is 0 Å². The summed E-state index contributed by atoms with van der Waals surface area (Å²) in [4.78, 5) is 9.21. The van der Waals surface area contributed by atoms with Gasteiger partial charge in [0.05, 0.1) is 7.11 Å². The van der Waals surface area contributed by atoms with Gasteiger partial charge in [-0.2, -0.15) is 0 Å². The fourth-order valence-corrected chi connectivity index (χ4v) is 2.18. The highest BCUT2D eigenvalue weighted by Crippen LogP contribution is 2.24. The summed E-state index contributed by atoms with van der Waals surface area (Å²) in [5, 5.41) is 12.0. The maximum absolute atomic E-state index is 10.0. The number of nitrogens with zero attached hydrogens (tertiary/aromatic N) is 2. The second-order valence-electron chi connectivity index (χ2n) is 3.25. The number of aliphatic hydroxyl groups is 1. The minimum Gasteiger partial charge on any atom is -0.480 e. The van der Waals surface area contributed by atoms with Crippen LogP contribution in [0.2, 0.25) is 0 Å². The summed E-state index contributed by atoms with van der Waals surface area (Å²) in [6, 6.07) is 3.94. The normalized spacial score (nSPS) is 12.4. The van der Waals surface area contributed by atoms with Crippen molar-refractivity contribution in [2.45, 2.75) is 12.5 Å². The molecule has 0 bridgehead atoms. The molecule has 0 spiro atoms. The third-order valence-electron chi connectivity index (χ3n) is 2.17. The lowest BCUT2D eigenvalue weighted by molar-refractivity contribution is 0.168. The first kappa shape index (κ1) is 11.0. The van der Waals surface area contributed by atoms with E-state index in [2.05, 4.69) is 9.97 Å². The molecule has 2 heterocycles. The molecule has 0 saturated heterocycles. The quantitative estimate of drug-likeness (QED) is 0.879. The van der Waals surface area contributed by atoms with E-state index >= 15 is 0 Å². The average Bonchev–Trinajstić information content (AvgIpc) is 2.81. The topological polar surface area (TPSA) is 55.2 Å². The third-order valence-corrected chi connectivity index (χ3v) is 3.07. The molecule has 0 aromatic carbocycles. The Bertz CT molecular complexity index is 445. The number of aromatic nitrogens is 2. The number of thiophene rings is 1. The van der Waals surface area contributed by atoms with Crippen molar-refractivity contribution in [2.75, 3.05) is 7.11 Å². The second-order valence-corrected chi connectivity index (χ2v) is 4.28. The molecule has 0 aliphatic heterocycles. The Morgan fingerprint density at radius 2 is 2.25 bits per heavy atom. The number of hydrogen-bond donors (Lipinski definition) is 1. The van der Waals surface area contributed by atoms with Gasteiger partial charge in [-0.3, -0.25) is 4.98 Å². The van der Waals surface area contributed by atoms with Crippen molar-refractivity contribution >= 4 is 11.3 Å². The molecule has 84 valence electrons. The lowest BCUT2D eigenvalue weighted by Gasteiger charge is -2.11. The first-order valence-electron chi connectivity index (χ1n) is 4.86. The van der Waals surface area contributed by atoms with Crippen molar-refractivity contribution in [1.82, 2.24) is 9.97 Å². The van der Waals surface area contributed by atoms with E-state index in [1.807, 2.05) is 17.5 Å². The molecule has 4 nitrogen and oxygen atoms in total. The van der Waals surface area contributed by atoms with Crippen LogP contribution in [0, 0.1) is 0 Å². The monoisotopic (exact) mass is 236 g/mol. The Morgan fingerprint density at radius 3 is 2.94 bits per heavy atom. The standard InChI is InChI=1S/C11H12N2O2S/c1-15-11-10(12-4-5-13-11)9(14)7-8-3-2-6-16-8/h2-6,9,14H,7H2,1H3. The first-order valence-corrected chi connectivity index (χ1v) is 5.74. The van der Waals surface area contributed by atoms with E-state index in [0.717, 1.165) is 4.88 Å². The molecular formula is C11H12N2O2S. The van der Waals surface area contributed by atoms with Gasteiger partial charge in [-0.25, -0.2) is 4.98 Å². The molecule has 1 unspecified atom stereocenters. The zero-order valence-corrected chi connectivity index (χ0v) is 9.65. The lowest BCUT2D eigenvalue weighted by atomic mass is 10.1. The first-order chi connectivity index (χ1) is 7.81. The number of hydrogen-bond acceptors (Lipinski definition) is 5. The average molecular weight is 236 g/mol. The van der Waals surface area contributed by atoms with Crippen molar-refractivity contribution in [3.05, 3.63) is 40.5 Å². The van der Waals surface area contributed by atoms with Gasteiger partial charge in [0.1, 0.15) is 11.8 Å². The number of aliphatic hydroxyl groups excluding tert-OH is 1. The minimum absolute atomic E-state index is 0.381. The molecule has 16 heavy (non-hydrogen) atoms. The molecule has 5 heteroatoms. The van der Waals surface area contributed by atoms with Crippen molar-refractivity contribution in [1.29, 1.82) is 0 Å². The van der Waals surface area contributed by atoms with E-state index in [9.17, 15) is 5.11 Å². The van der Waals surface area contributed by atoms with Gasteiger partial charge in [0.25, 0.3) is 0 Å². The Balaban J connectivity index is 2.17. The van der Waals surface area contributed by atoms with Gasteiger partial charge in [0, 0.05) is 23.7 Å². The fourth-order valence-electron chi connectivity index (χ4n) is 1.44. The smallest absolute Gasteiger partial charge is 0.238 e. The van der Waals surface area contributed by atoms with Gasteiger partial charge in [0.2, 0.25) is 5.88 Å². The Hall–Kier alpha value is -1.46. The highest BCUT2D eigenvalue weighted by Gasteiger charge is 2.16. The largest absolute Gasteiger partial charge is 0.480 e. The van der Waals surface area contributed by atoms with Gasteiger partial charge in [-0.1, -0.05) is 6.07 Å². The van der Waals surface area contributed by atoms with E-state index in [4.69, 9.17) is 4.74 Å². The molecule has 0 saturated carbocycles. The van der Waals surface area contributed by atoms with Crippen molar-refractivity contribution in [3.8, 4) is 5.88 Å². The van der Waals surface area contributed by atoms with Gasteiger partial charge < -0.3 is 9.84 Å². The van der Waals surface area contributed by atoms with Crippen LogP contribution in [0.5, 0.6) is 5.88 Å². The van der Waals surface area contributed by atoms with Crippen LogP contribution < -0.4 is 4.74 Å². The minimum atomic E-state index is -0.678. The molecule has 1 atom stereocenters. The highest BCUT2D eigenvalue weighted by molar-refractivity contribution is 7.09. The molecular weight excluding hydrogens is 224 g/mol. The maximum Gasteiger partial charge on any atom is 0.238 e. The predicted octanol–water partition coefficient (Wildman–Crippen LogP) is 1.82. The van der Waals surface area contributed by atoms with E-state index in [1.54, 1.807) is 23.7 Å². The number of ether oxygens (including phenoxy) is 1. The number of rotatable bonds is 4. The lowest BCUT2D eigenvalue weighted by Crippen LogP contribution is -2.06. The van der Waals surface area contributed by atoms with E-state index in [1.165, 1.54) is 7.11 Å². The molecule has 2 aromatic heterocycles. The molecule has 0 aliphatic carbocycles. The van der Waals surface area contributed by atoms with E-state index in [-0.39, 0.29) is 0 Å². The Morgan fingerprint density at radius 1 is 1.44 bits per heavy atom. The van der Waals surface area contributed by atoms with Gasteiger partial charge in [0.15, 0.2) is 0 Å². The van der Waals surface area contributed by atoms with Crippen LogP contribution >= 0.6 is 11.3 Å². The summed E-state index contributed by atoms with van der Waals surface area (Å²) in [7, 11) is 1.52. The molecule has 2 rings (SSSR count). The Kier molecular flexibility index (Phi) is 3.48. The molecule has 0 fully saturated rings. The Labute approximate surface area is 97.6 Å². The van der Waals surface area contributed by atoms with Gasteiger partial charge in [-0.15, -0.1) is 11.3 Å². The van der Waals surface area contributed by atoms with Gasteiger partial charge >= 0.3 is 0 Å². The zero-order valence-electron chi connectivity index (χ0n) is 8.83. The van der Waals surface area contributed by atoms with Crippen LogP contribution in [0.1, 0.15) is 16.7 Å². The third kappa shape index (κ3) is 2.37. The van der Waals surface area contributed by atoms with Gasteiger partial charge in [-0.05, 0) is 11.4 Å². The molecule has 0 aliphatic rings. The van der Waals surface area contributed by atoms with Crippen molar-refractivity contribution < 1.29 is 9.84 Å². The second kappa shape index (κ2) is 5.05. The van der Waals surface area contributed by atoms with Crippen LogP contribution in [0.3, 0.4) is 0 Å². The molecule has 0 amide bonds. The molecule has 2 aromatic rings. The highest BCUT2D eigenvalue weighted by atomic mass is 32.1. The fraction of sp³-hybridized carbons (Fsp3) is 0.273. The van der Waals surface area contributed by atoms with Crippen LogP contribution in [-0.4, -0.2) is 22.2 Å². The summed E-state index contributed by atoms with van der Waals surface area (Å²) in [6.07, 6.45) is 2.95. The summed E-state index contributed by atoms with van der Waals surface area (Å²) < 4.78 is 5.06. The molecule has 0 radical (unpaired) electrons. The molecule has 1 N–H and O–H groups in total. The maximum atomic E-state index is 10.0. The predicted molar refractivity (Wildman–Crippen MR) is 61.6 cm³/mol. The summed E-state index contributed by atoms with van der Waals surface area (Å²) in [5.41, 5.74) is 0.485. The number of methoxy groups -OCH3 is 1. The van der Waals surface area contributed by atoms with Crippen molar-refractivity contribution in [3.63, 3.8) is 0 Å².